The molecule has 2 aromatic carbocycles. The second kappa shape index (κ2) is 8.02. The maximum Gasteiger partial charge on any atom is 0.265 e. The molecule has 0 aromatic heterocycles. The number of halogens is 1. The first-order valence-electron chi connectivity index (χ1n) is 7.86. The van der Waals surface area contributed by atoms with E-state index in [0.717, 1.165) is 23.2 Å². The third kappa shape index (κ3) is 4.49. The number of rotatable bonds is 6. The lowest BCUT2D eigenvalue weighted by atomic mass is 10.1. The van der Waals surface area contributed by atoms with E-state index in [1.807, 2.05) is 44.2 Å². The average molecular weight is 332 g/mol. The number of carbonyl (C=O) groups excluding carboxylic acids is 1. The van der Waals surface area contributed by atoms with Crippen molar-refractivity contribution in [2.45, 2.75) is 39.7 Å². The summed E-state index contributed by atoms with van der Waals surface area (Å²) >= 11 is 6.02. The zero-order valence-corrected chi connectivity index (χ0v) is 14.5. The van der Waals surface area contributed by atoms with Gasteiger partial charge in [0.15, 0.2) is 6.10 Å². The van der Waals surface area contributed by atoms with Crippen molar-refractivity contribution in [2.75, 3.05) is 5.32 Å². The number of nitrogens with one attached hydrogen (secondary N) is 1. The fourth-order valence-corrected chi connectivity index (χ4v) is 2.46. The van der Waals surface area contributed by atoms with Crippen molar-refractivity contribution in [1.29, 1.82) is 0 Å². The number of anilines is 1. The van der Waals surface area contributed by atoms with Crippen LogP contribution in [0.15, 0.2) is 42.5 Å². The average Bonchev–Trinajstić information content (AvgIpc) is 2.56. The number of ether oxygens (including phenoxy) is 1. The van der Waals surface area contributed by atoms with Gasteiger partial charge in [-0.05, 0) is 55.2 Å². The van der Waals surface area contributed by atoms with Crippen molar-refractivity contribution in [3.63, 3.8) is 0 Å². The van der Waals surface area contributed by atoms with Gasteiger partial charge in [0.25, 0.3) is 5.91 Å². The van der Waals surface area contributed by atoms with E-state index >= 15 is 0 Å². The first-order valence-corrected chi connectivity index (χ1v) is 8.24. The molecule has 1 atom stereocenters. The molecule has 23 heavy (non-hydrogen) atoms. The highest BCUT2D eigenvalue weighted by molar-refractivity contribution is 6.31. The largest absolute Gasteiger partial charge is 0.481 e. The molecule has 0 heterocycles. The Bertz CT molecular complexity index is 685. The Kier molecular flexibility index (Phi) is 6.05. The molecule has 0 saturated heterocycles. The van der Waals surface area contributed by atoms with Crippen LogP contribution in [-0.2, 0) is 11.2 Å². The summed E-state index contributed by atoms with van der Waals surface area (Å²) < 4.78 is 5.84. The Morgan fingerprint density at radius 2 is 1.96 bits per heavy atom. The Morgan fingerprint density at radius 3 is 2.61 bits per heavy atom. The van der Waals surface area contributed by atoms with Gasteiger partial charge in [-0.25, -0.2) is 0 Å². The molecule has 0 fully saturated rings. The smallest absolute Gasteiger partial charge is 0.265 e. The Labute approximate surface area is 142 Å². The van der Waals surface area contributed by atoms with Crippen LogP contribution in [0.5, 0.6) is 5.75 Å². The minimum Gasteiger partial charge on any atom is -0.481 e. The molecule has 0 unspecified atom stereocenters. The van der Waals surface area contributed by atoms with Crippen LogP contribution in [0.2, 0.25) is 5.02 Å². The van der Waals surface area contributed by atoms with Crippen molar-refractivity contribution in [2.24, 2.45) is 0 Å². The fraction of sp³-hybridized carbons (Fsp3) is 0.316. The van der Waals surface area contributed by atoms with Gasteiger partial charge >= 0.3 is 0 Å². The molecule has 0 bridgehead atoms. The molecule has 4 heteroatoms. The van der Waals surface area contributed by atoms with Crippen LogP contribution in [0.3, 0.4) is 0 Å². The number of benzene rings is 2. The predicted molar refractivity (Wildman–Crippen MR) is 95.3 cm³/mol. The topological polar surface area (TPSA) is 38.3 Å². The van der Waals surface area contributed by atoms with Gasteiger partial charge < -0.3 is 10.1 Å². The second-order valence-corrected chi connectivity index (χ2v) is 5.83. The minimum absolute atomic E-state index is 0.138. The molecule has 3 nitrogen and oxygen atoms in total. The predicted octanol–water partition coefficient (Wildman–Crippen LogP) is 5.01. The molecule has 1 amide bonds. The molecule has 2 rings (SSSR count). The fourth-order valence-electron chi connectivity index (χ4n) is 2.34. The summed E-state index contributed by atoms with van der Waals surface area (Å²) in [6, 6.07) is 13.2. The molecule has 0 aliphatic heterocycles. The van der Waals surface area contributed by atoms with E-state index < -0.39 is 6.10 Å². The summed E-state index contributed by atoms with van der Waals surface area (Å²) in [4.78, 5) is 12.5. The third-order valence-electron chi connectivity index (χ3n) is 3.73. The summed E-state index contributed by atoms with van der Waals surface area (Å²) in [7, 11) is 0. The van der Waals surface area contributed by atoms with Crippen LogP contribution in [0, 0.1) is 6.92 Å². The third-order valence-corrected chi connectivity index (χ3v) is 4.15. The normalized spacial score (nSPS) is 11.8. The van der Waals surface area contributed by atoms with Gasteiger partial charge in [0.2, 0.25) is 0 Å². The van der Waals surface area contributed by atoms with Gasteiger partial charge in [0.1, 0.15) is 5.75 Å². The Hall–Kier alpha value is -2.00. The Morgan fingerprint density at radius 1 is 1.22 bits per heavy atom. The van der Waals surface area contributed by atoms with E-state index in [9.17, 15) is 4.79 Å². The van der Waals surface area contributed by atoms with E-state index in [2.05, 4.69) is 12.2 Å². The van der Waals surface area contributed by atoms with Crippen LogP contribution in [0.25, 0.3) is 0 Å². The van der Waals surface area contributed by atoms with Crippen LogP contribution in [0.4, 0.5) is 5.69 Å². The summed E-state index contributed by atoms with van der Waals surface area (Å²) in [5.41, 5.74) is 2.88. The summed E-state index contributed by atoms with van der Waals surface area (Å²) in [6.45, 7) is 5.90. The number of carbonyl (C=O) groups is 1. The molecule has 0 radical (unpaired) electrons. The van der Waals surface area contributed by atoms with Gasteiger partial charge in [-0.2, -0.15) is 0 Å². The Balaban J connectivity index is 2.10. The van der Waals surface area contributed by atoms with Gasteiger partial charge in [-0.3, -0.25) is 4.79 Å². The van der Waals surface area contributed by atoms with Gasteiger partial charge in [0.05, 0.1) is 0 Å². The maximum atomic E-state index is 12.5. The van der Waals surface area contributed by atoms with Crippen LogP contribution < -0.4 is 10.1 Å². The van der Waals surface area contributed by atoms with Crippen LogP contribution >= 0.6 is 11.6 Å². The minimum atomic E-state index is -0.541. The van der Waals surface area contributed by atoms with E-state index in [1.165, 1.54) is 0 Å². The SMILES string of the molecule is CCc1ccccc1NC(=O)[C@@H](CC)Oc1ccc(Cl)c(C)c1. The summed E-state index contributed by atoms with van der Waals surface area (Å²) in [6.07, 6.45) is 0.909. The van der Waals surface area contributed by atoms with Crippen molar-refractivity contribution >= 4 is 23.2 Å². The molecule has 2 aromatic rings. The van der Waals surface area contributed by atoms with Crippen LogP contribution in [0.1, 0.15) is 31.4 Å². The van der Waals surface area contributed by atoms with Crippen molar-refractivity contribution in [3.8, 4) is 5.75 Å². The standard InChI is InChI=1S/C19H22ClNO2/c1-4-14-8-6-7-9-17(14)21-19(22)18(5-2)23-15-10-11-16(20)13(3)12-15/h6-12,18H,4-5H2,1-3H3,(H,21,22)/t18-/m1/s1. The molecule has 0 spiro atoms. The number of para-hydroxylation sites is 1. The lowest BCUT2D eigenvalue weighted by Gasteiger charge is -2.19. The lowest BCUT2D eigenvalue weighted by Crippen LogP contribution is -2.32. The van der Waals surface area contributed by atoms with E-state index in [4.69, 9.17) is 16.3 Å². The highest BCUT2D eigenvalue weighted by atomic mass is 35.5. The maximum absolute atomic E-state index is 12.5. The van der Waals surface area contributed by atoms with Gasteiger partial charge in [-0.15, -0.1) is 0 Å². The molecule has 0 aliphatic carbocycles. The molecule has 122 valence electrons. The van der Waals surface area contributed by atoms with Crippen molar-refractivity contribution in [3.05, 3.63) is 58.6 Å². The van der Waals surface area contributed by atoms with Crippen molar-refractivity contribution < 1.29 is 9.53 Å². The second-order valence-electron chi connectivity index (χ2n) is 5.43. The van der Waals surface area contributed by atoms with E-state index in [0.29, 0.717) is 17.2 Å². The monoisotopic (exact) mass is 331 g/mol. The zero-order chi connectivity index (χ0) is 16.8. The van der Waals surface area contributed by atoms with Crippen molar-refractivity contribution in [1.82, 2.24) is 0 Å². The number of aryl methyl sites for hydroxylation is 2. The van der Waals surface area contributed by atoms with Gasteiger partial charge in [-0.1, -0.05) is 43.6 Å². The number of hydrogen-bond donors (Lipinski definition) is 1. The van der Waals surface area contributed by atoms with E-state index in [-0.39, 0.29) is 5.91 Å². The number of amides is 1. The van der Waals surface area contributed by atoms with Crippen LogP contribution in [-0.4, -0.2) is 12.0 Å². The molecule has 1 N–H and O–H groups in total. The number of hydrogen-bond acceptors (Lipinski definition) is 2. The van der Waals surface area contributed by atoms with Gasteiger partial charge in [0, 0.05) is 10.7 Å². The molecular formula is C19H22ClNO2. The lowest BCUT2D eigenvalue weighted by molar-refractivity contribution is -0.122. The molecule has 0 aliphatic rings. The first-order chi connectivity index (χ1) is 11.0. The van der Waals surface area contributed by atoms with E-state index in [1.54, 1.807) is 12.1 Å². The highest BCUT2D eigenvalue weighted by Crippen LogP contribution is 2.23. The highest BCUT2D eigenvalue weighted by Gasteiger charge is 2.19. The summed E-state index contributed by atoms with van der Waals surface area (Å²) in [5, 5.41) is 3.66. The summed E-state index contributed by atoms with van der Waals surface area (Å²) in [5.74, 6) is 0.513. The quantitative estimate of drug-likeness (QED) is 0.808. The molecule has 0 saturated carbocycles. The first kappa shape index (κ1) is 17.4. The molecular weight excluding hydrogens is 310 g/mol. The zero-order valence-electron chi connectivity index (χ0n) is 13.7.